The summed E-state index contributed by atoms with van der Waals surface area (Å²) in [6, 6.07) is -1.23. The molecule has 22 heavy (non-hydrogen) atoms. The molecule has 0 saturated carbocycles. The maximum atomic E-state index is 11.5. The normalized spacial score (nSPS) is 27.1. The van der Waals surface area contributed by atoms with Gasteiger partial charge in [-0.15, -0.1) is 0 Å². The van der Waals surface area contributed by atoms with Crippen LogP contribution in [-0.4, -0.2) is 66.2 Å². The largest absolute Gasteiger partial charge is 0.490 e. The number of hydrogen-bond donors (Lipinski definition) is 5. The zero-order valence-corrected chi connectivity index (χ0v) is 12.9. The number of aliphatic hydroxyl groups excluding tert-OH is 2. The van der Waals surface area contributed by atoms with Gasteiger partial charge in [0.25, 0.3) is 0 Å². The summed E-state index contributed by atoms with van der Waals surface area (Å²) in [5.41, 5.74) is 10.9. The summed E-state index contributed by atoms with van der Waals surface area (Å²) in [7, 11) is 1.38. The van der Waals surface area contributed by atoms with Crippen molar-refractivity contribution in [2.45, 2.75) is 44.2 Å². The minimum absolute atomic E-state index is 0.137. The Bertz CT molecular complexity index is 450. The van der Waals surface area contributed by atoms with Crippen molar-refractivity contribution in [2.24, 2.45) is 16.5 Å². The number of aliphatic hydroxyl groups is 2. The summed E-state index contributed by atoms with van der Waals surface area (Å²) in [5.74, 6) is 0.0752. The molecule has 1 aliphatic rings. The SMILES string of the molecule is CO[C@H]([C@@H]1OC(C)=C[C@H](N=C(N)N)[C@H]1NC(C)=O)[C@H](O)CO. The molecule has 0 radical (unpaired) electrons. The van der Waals surface area contributed by atoms with Crippen LogP contribution in [0.5, 0.6) is 0 Å². The van der Waals surface area contributed by atoms with E-state index in [1.165, 1.54) is 14.0 Å². The van der Waals surface area contributed by atoms with Crippen LogP contribution in [-0.2, 0) is 14.3 Å². The van der Waals surface area contributed by atoms with Crippen molar-refractivity contribution < 1.29 is 24.5 Å². The first-order valence-corrected chi connectivity index (χ1v) is 6.82. The van der Waals surface area contributed by atoms with Gasteiger partial charge in [0.15, 0.2) is 5.96 Å². The Morgan fingerprint density at radius 1 is 1.59 bits per heavy atom. The van der Waals surface area contributed by atoms with Gasteiger partial charge < -0.3 is 36.5 Å². The topological polar surface area (TPSA) is 152 Å². The molecule has 1 heterocycles. The van der Waals surface area contributed by atoms with Crippen LogP contribution in [0.1, 0.15) is 13.8 Å². The predicted octanol–water partition coefficient (Wildman–Crippen LogP) is -2.20. The quantitative estimate of drug-likeness (QED) is 0.275. The van der Waals surface area contributed by atoms with Crippen molar-refractivity contribution in [1.29, 1.82) is 0 Å². The molecule has 0 aromatic heterocycles. The summed E-state index contributed by atoms with van der Waals surface area (Å²) in [6.07, 6.45) is -1.16. The highest BCUT2D eigenvalue weighted by Gasteiger charge is 2.42. The van der Waals surface area contributed by atoms with Crippen LogP contribution < -0.4 is 16.8 Å². The van der Waals surface area contributed by atoms with E-state index in [1.807, 2.05) is 0 Å². The maximum Gasteiger partial charge on any atom is 0.217 e. The number of guanidine groups is 1. The number of carbonyl (C=O) groups excluding carboxylic acids is 1. The Morgan fingerprint density at radius 3 is 2.68 bits per heavy atom. The number of nitrogens with two attached hydrogens (primary N) is 2. The molecule has 9 nitrogen and oxygen atoms in total. The number of methoxy groups -OCH3 is 1. The summed E-state index contributed by atoms with van der Waals surface area (Å²) in [6.45, 7) is 2.53. The molecule has 1 rings (SSSR count). The fraction of sp³-hybridized carbons (Fsp3) is 0.692. The summed E-state index contributed by atoms with van der Waals surface area (Å²) >= 11 is 0. The van der Waals surface area contributed by atoms with Gasteiger partial charge in [0.2, 0.25) is 5.91 Å². The average molecular weight is 316 g/mol. The van der Waals surface area contributed by atoms with Crippen LogP contribution in [0.25, 0.3) is 0 Å². The zero-order chi connectivity index (χ0) is 16.9. The highest BCUT2D eigenvalue weighted by Crippen LogP contribution is 2.25. The van der Waals surface area contributed by atoms with Crippen molar-refractivity contribution in [3.63, 3.8) is 0 Å². The Hall–Kier alpha value is -1.84. The van der Waals surface area contributed by atoms with E-state index in [0.29, 0.717) is 5.76 Å². The molecule has 0 bridgehead atoms. The molecule has 1 amide bonds. The molecule has 0 aromatic carbocycles. The third kappa shape index (κ3) is 4.58. The number of allylic oxidation sites excluding steroid dienone is 1. The summed E-state index contributed by atoms with van der Waals surface area (Å²) in [4.78, 5) is 15.5. The van der Waals surface area contributed by atoms with Crippen LogP contribution in [0.4, 0.5) is 0 Å². The van der Waals surface area contributed by atoms with E-state index in [2.05, 4.69) is 10.3 Å². The number of amides is 1. The number of nitrogens with zero attached hydrogens (tertiary/aromatic N) is 1. The molecule has 0 unspecified atom stereocenters. The van der Waals surface area contributed by atoms with E-state index in [0.717, 1.165) is 0 Å². The molecule has 5 atom stereocenters. The third-order valence-electron chi connectivity index (χ3n) is 3.28. The van der Waals surface area contributed by atoms with Crippen molar-refractivity contribution in [1.82, 2.24) is 5.32 Å². The first-order chi connectivity index (χ1) is 10.3. The van der Waals surface area contributed by atoms with Crippen molar-refractivity contribution >= 4 is 11.9 Å². The third-order valence-corrected chi connectivity index (χ3v) is 3.28. The molecule has 0 fully saturated rings. The molecule has 0 saturated heterocycles. The average Bonchev–Trinajstić information content (AvgIpc) is 2.41. The number of ether oxygens (including phenoxy) is 2. The van der Waals surface area contributed by atoms with Gasteiger partial charge in [-0.05, 0) is 13.0 Å². The maximum absolute atomic E-state index is 11.5. The lowest BCUT2D eigenvalue weighted by Crippen LogP contribution is -2.59. The Labute approximate surface area is 129 Å². The number of carbonyl (C=O) groups is 1. The van der Waals surface area contributed by atoms with Crippen molar-refractivity contribution in [3.05, 3.63) is 11.8 Å². The lowest BCUT2D eigenvalue weighted by Gasteiger charge is -2.40. The van der Waals surface area contributed by atoms with Crippen molar-refractivity contribution in [2.75, 3.05) is 13.7 Å². The van der Waals surface area contributed by atoms with E-state index in [-0.39, 0.29) is 11.9 Å². The number of hydrogen-bond acceptors (Lipinski definition) is 6. The molecule has 7 N–H and O–H groups in total. The molecular weight excluding hydrogens is 292 g/mol. The smallest absolute Gasteiger partial charge is 0.217 e. The van der Waals surface area contributed by atoms with E-state index < -0.39 is 37.0 Å². The number of aliphatic imine (C=N–C) groups is 1. The molecule has 0 spiro atoms. The van der Waals surface area contributed by atoms with Gasteiger partial charge in [0, 0.05) is 14.0 Å². The van der Waals surface area contributed by atoms with Gasteiger partial charge in [-0.1, -0.05) is 0 Å². The van der Waals surface area contributed by atoms with E-state index >= 15 is 0 Å². The van der Waals surface area contributed by atoms with E-state index in [4.69, 9.17) is 26.0 Å². The van der Waals surface area contributed by atoms with Crippen LogP contribution in [0.15, 0.2) is 16.8 Å². The molecule has 9 heteroatoms. The second-order valence-corrected chi connectivity index (χ2v) is 5.08. The zero-order valence-electron chi connectivity index (χ0n) is 12.9. The van der Waals surface area contributed by atoms with Gasteiger partial charge in [-0.25, -0.2) is 4.99 Å². The molecule has 0 aliphatic carbocycles. The highest BCUT2D eigenvalue weighted by atomic mass is 16.5. The monoisotopic (exact) mass is 316 g/mol. The molecule has 126 valence electrons. The lowest BCUT2D eigenvalue weighted by atomic mass is 9.92. The first-order valence-electron chi connectivity index (χ1n) is 6.82. The molecule has 1 aliphatic heterocycles. The highest BCUT2D eigenvalue weighted by molar-refractivity contribution is 5.76. The van der Waals surface area contributed by atoms with Crippen LogP contribution in [0, 0.1) is 0 Å². The van der Waals surface area contributed by atoms with Crippen LogP contribution >= 0.6 is 0 Å². The fourth-order valence-electron chi connectivity index (χ4n) is 2.44. The van der Waals surface area contributed by atoms with E-state index in [9.17, 15) is 9.90 Å². The fourth-order valence-corrected chi connectivity index (χ4v) is 2.44. The minimum Gasteiger partial charge on any atom is -0.490 e. The Morgan fingerprint density at radius 2 is 2.23 bits per heavy atom. The van der Waals surface area contributed by atoms with Gasteiger partial charge >= 0.3 is 0 Å². The summed E-state index contributed by atoms with van der Waals surface area (Å²) in [5, 5.41) is 21.8. The minimum atomic E-state index is -1.18. The van der Waals surface area contributed by atoms with Crippen LogP contribution in [0.2, 0.25) is 0 Å². The van der Waals surface area contributed by atoms with Gasteiger partial charge in [0.1, 0.15) is 18.3 Å². The van der Waals surface area contributed by atoms with Crippen molar-refractivity contribution in [3.8, 4) is 0 Å². The van der Waals surface area contributed by atoms with Crippen LogP contribution in [0.3, 0.4) is 0 Å². The predicted molar refractivity (Wildman–Crippen MR) is 79.7 cm³/mol. The molecular formula is C13H24N4O5. The van der Waals surface area contributed by atoms with Gasteiger partial charge in [-0.3, -0.25) is 4.79 Å². The summed E-state index contributed by atoms with van der Waals surface area (Å²) < 4.78 is 10.9. The lowest BCUT2D eigenvalue weighted by molar-refractivity contribution is -0.131. The first kappa shape index (κ1) is 18.2. The second kappa shape index (κ2) is 7.97. The van der Waals surface area contributed by atoms with E-state index in [1.54, 1.807) is 13.0 Å². The molecule has 0 aromatic rings. The van der Waals surface area contributed by atoms with Gasteiger partial charge in [0.05, 0.1) is 24.4 Å². The second-order valence-electron chi connectivity index (χ2n) is 5.08. The number of nitrogens with one attached hydrogen (secondary N) is 1. The van der Waals surface area contributed by atoms with Gasteiger partial charge in [-0.2, -0.15) is 0 Å². The Balaban J connectivity index is 3.18. The number of rotatable bonds is 6. The Kier molecular flexibility index (Phi) is 6.60. The standard InChI is InChI=1S/C13H24N4O5/c1-6-4-8(17-13(14)15)10(16-7(2)19)12(22-6)11(21-3)9(20)5-18/h4,8-12,18,20H,5H2,1-3H3,(H,16,19)(H4,14,15,17)/t8-,9+,10+,11-,12+/m0/s1.